The summed E-state index contributed by atoms with van der Waals surface area (Å²) in [7, 11) is 2.88. The molecule has 0 aliphatic heterocycles. The number of unbranched alkanes of at least 4 members (excludes halogenated alkanes) is 8. The second-order valence-corrected chi connectivity index (χ2v) is 5.48. The van der Waals surface area contributed by atoms with E-state index in [1.54, 1.807) is 0 Å². The zero-order valence-electron chi connectivity index (χ0n) is 17.1. The molecular weight excluding hydrogens is 304 g/mol. The molecule has 0 aliphatic carbocycles. The number of methoxy groups -OCH3 is 2. The standard InChI is InChI=1S/2C9H18O2.C2H6/c2*1-3-4-5-6-7-8-9(10)11-2;1-2/h2*3-8H2,1-2H3;1-2H3. The summed E-state index contributed by atoms with van der Waals surface area (Å²) in [5.74, 6) is -0.164. The van der Waals surface area contributed by atoms with E-state index in [0.29, 0.717) is 12.8 Å². The molecule has 0 N–H and O–H groups in total. The molecule has 0 aliphatic rings. The Hall–Kier alpha value is -1.06. The quantitative estimate of drug-likeness (QED) is 0.318. The first-order valence-electron chi connectivity index (χ1n) is 9.75. The topological polar surface area (TPSA) is 52.6 Å². The van der Waals surface area contributed by atoms with E-state index in [4.69, 9.17) is 0 Å². The Morgan fingerprint density at radius 2 is 0.875 bits per heavy atom. The Morgan fingerprint density at radius 3 is 1.12 bits per heavy atom. The lowest BCUT2D eigenvalue weighted by atomic mass is 10.1. The number of rotatable bonds is 12. The molecular formula is C20H42O4. The number of esters is 2. The van der Waals surface area contributed by atoms with Crippen LogP contribution in [0.4, 0.5) is 0 Å². The van der Waals surface area contributed by atoms with Gasteiger partial charge in [0.05, 0.1) is 14.2 Å². The first kappa shape index (κ1) is 27.8. The number of ether oxygens (including phenoxy) is 2. The molecule has 4 nitrogen and oxygen atoms in total. The third-order valence-corrected chi connectivity index (χ3v) is 3.42. The maximum atomic E-state index is 10.6. The number of carbonyl (C=O) groups excluding carboxylic acids is 2. The van der Waals surface area contributed by atoms with Gasteiger partial charge in [-0.3, -0.25) is 9.59 Å². The highest BCUT2D eigenvalue weighted by Crippen LogP contribution is 2.05. The van der Waals surface area contributed by atoms with Gasteiger partial charge in [0, 0.05) is 12.8 Å². The van der Waals surface area contributed by atoms with Crippen LogP contribution in [0.1, 0.15) is 105 Å². The minimum Gasteiger partial charge on any atom is -0.469 e. The van der Waals surface area contributed by atoms with Crippen molar-refractivity contribution in [2.24, 2.45) is 0 Å². The lowest BCUT2D eigenvalue weighted by Crippen LogP contribution is -1.98. The molecule has 4 heteroatoms. The van der Waals surface area contributed by atoms with E-state index in [2.05, 4.69) is 23.3 Å². The SMILES string of the molecule is CC.CCCCCCCC(=O)OC.CCCCCCCC(=O)OC. The van der Waals surface area contributed by atoms with Crippen molar-refractivity contribution in [2.45, 2.75) is 105 Å². The van der Waals surface area contributed by atoms with Gasteiger partial charge in [0.15, 0.2) is 0 Å². The van der Waals surface area contributed by atoms with Crippen LogP contribution in [0, 0.1) is 0 Å². The minimum atomic E-state index is -0.0819. The van der Waals surface area contributed by atoms with Crippen molar-refractivity contribution in [2.75, 3.05) is 14.2 Å². The summed E-state index contributed by atoms with van der Waals surface area (Å²) in [5, 5.41) is 0. The Labute approximate surface area is 150 Å². The van der Waals surface area contributed by atoms with E-state index in [-0.39, 0.29) is 11.9 Å². The normalized spacial score (nSPS) is 9.08. The number of hydrogen-bond donors (Lipinski definition) is 0. The van der Waals surface area contributed by atoms with Crippen molar-refractivity contribution in [3.8, 4) is 0 Å². The Bertz CT molecular complexity index is 226. The fourth-order valence-corrected chi connectivity index (χ4v) is 1.95. The van der Waals surface area contributed by atoms with Crippen molar-refractivity contribution in [1.29, 1.82) is 0 Å². The summed E-state index contributed by atoms with van der Waals surface area (Å²) < 4.78 is 9.04. The van der Waals surface area contributed by atoms with E-state index >= 15 is 0 Å². The van der Waals surface area contributed by atoms with Crippen molar-refractivity contribution in [3.63, 3.8) is 0 Å². The lowest BCUT2D eigenvalue weighted by Gasteiger charge is -1.98. The molecule has 0 amide bonds. The van der Waals surface area contributed by atoms with Crippen LogP contribution in [0.25, 0.3) is 0 Å². The molecule has 0 saturated heterocycles. The average molecular weight is 347 g/mol. The highest BCUT2D eigenvalue weighted by Gasteiger charge is 1.98. The lowest BCUT2D eigenvalue weighted by molar-refractivity contribution is -0.141. The van der Waals surface area contributed by atoms with Crippen molar-refractivity contribution < 1.29 is 19.1 Å². The van der Waals surface area contributed by atoms with Gasteiger partial charge in [-0.25, -0.2) is 0 Å². The summed E-state index contributed by atoms with van der Waals surface area (Å²) in [6.07, 6.45) is 13.0. The summed E-state index contributed by atoms with van der Waals surface area (Å²) >= 11 is 0. The van der Waals surface area contributed by atoms with Crippen LogP contribution < -0.4 is 0 Å². The molecule has 0 saturated carbocycles. The summed E-state index contributed by atoms with van der Waals surface area (Å²) in [4.78, 5) is 21.2. The van der Waals surface area contributed by atoms with Crippen molar-refractivity contribution in [1.82, 2.24) is 0 Å². The average Bonchev–Trinajstić information content (AvgIpc) is 2.63. The molecule has 0 fully saturated rings. The van der Waals surface area contributed by atoms with Crippen LogP contribution >= 0.6 is 0 Å². The number of carbonyl (C=O) groups is 2. The van der Waals surface area contributed by atoms with Crippen molar-refractivity contribution >= 4 is 11.9 Å². The molecule has 0 aromatic carbocycles. The maximum Gasteiger partial charge on any atom is 0.305 e. The minimum absolute atomic E-state index is 0.0819. The molecule has 146 valence electrons. The van der Waals surface area contributed by atoms with Gasteiger partial charge in [0.2, 0.25) is 0 Å². The van der Waals surface area contributed by atoms with Crippen LogP contribution in [-0.2, 0) is 19.1 Å². The van der Waals surface area contributed by atoms with E-state index in [1.165, 1.54) is 52.7 Å². The summed E-state index contributed by atoms with van der Waals surface area (Å²) in [5.41, 5.74) is 0. The van der Waals surface area contributed by atoms with Gasteiger partial charge >= 0.3 is 11.9 Å². The highest BCUT2D eigenvalue weighted by atomic mass is 16.5. The van der Waals surface area contributed by atoms with Crippen LogP contribution in [0.2, 0.25) is 0 Å². The van der Waals surface area contributed by atoms with Gasteiger partial charge in [-0.1, -0.05) is 79.1 Å². The monoisotopic (exact) mass is 346 g/mol. The van der Waals surface area contributed by atoms with Crippen LogP contribution in [0.5, 0.6) is 0 Å². The molecule has 0 heterocycles. The molecule has 24 heavy (non-hydrogen) atoms. The second kappa shape index (κ2) is 26.8. The van der Waals surface area contributed by atoms with Gasteiger partial charge in [-0.2, -0.15) is 0 Å². The third kappa shape index (κ3) is 29.0. The smallest absolute Gasteiger partial charge is 0.305 e. The first-order chi connectivity index (χ1) is 11.6. The Morgan fingerprint density at radius 1 is 0.583 bits per heavy atom. The first-order valence-corrected chi connectivity index (χ1v) is 9.75. The van der Waals surface area contributed by atoms with Gasteiger partial charge in [-0.15, -0.1) is 0 Å². The predicted octanol–water partition coefficient (Wildman–Crippen LogP) is 6.07. The molecule has 0 bridgehead atoms. The van der Waals surface area contributed by atoms with E-state index < -0.39 is 0 Å². The Balaban J connectivity index is -0.000000333. The third-order valence-electron chi connectivity index (χ3n) is 3.42. The van der Waals surface area contributed by atoms with E-state index in [0.717, 1.165) is 25.7 Å². The zero-order chi connectivity index (χ0) is 19.1. The fourth-order valence-electron chi connectivity index (χ4n) is 1.95. The summed E-state index contributed by atoms with van der Waals surface area (Å²) in [6, 6.07) is 0. The molecule has 0 rings (SSSR count). The fraction of sp³-hybridized carbons (Fsp3) is 0.900. The van der Waals surface area contributed by atoms with E-state index in [1.807, 2.05) is 13.8 Å². The zero-order valence-corrected chi connectivity index (χ0v) is 17.1. The largest absolute Gasteiger partial charge is 0.469 e. The predicted molar refractivity (Wildman–Crippen MR) is 102 cm³/mol. The van der Waals surface area contributed by atoms with Gasteiger partial charge < -0.3 is 9.47 Å². The van der Waals surface area contributed by atoms with E-state index in [9.17, 15) is 9.59 Å². The Kier molecular flexibility index (Phi) is 31.0. The molecule has 0 aromatic rings. The van der Waals surface area contributed by atoms with Gasteiger partial charge in [0.25, 0.3) is 0 Å². The molecule has 0 unspecified atom stereocenters. The molecule has 0 radical (unpaired) electrons. The second-order valence-electron chi connectivity index (χ2n) is 5.48. The highest BCUT2D eigenvalue weighted by molar-refractivity contribution is 5.69. The van der Waals surface area contributed by atoms with Crippen LogP contribution in [-0.4, -0.2) is 26.2 Å². The van der Waals surface area contributed by atoms with Crippen LogP contribution in [0.15, 0.2) is 0 Å². The van der Waals surface area contributed by atoms with Crippen LogP contribution in [0.3, 0.4) is 0 Å². The van der Waals surface area contributed by atoms with Gasteiger partial charge in [-0.05, 0) is 12.8 Å². The molecule has 0 spiro atoms. The maximum absolute atomic E-state index is 10.6. The molecule has 0 atom stereocenters. The molecule has 0 aromatic heterocycles. The summed E-state index contributed by atoms with van der Waals surface area (Å²) in [6.45, 7) is 8.36. The van der Waals surface area contributed by atoms with Gasteiger partial charge in [0.1, 0.15) is 0 Å². The number of hydrogen-bond acceptors (Lipinski definition) is 4. The van der Waals surface area contributed by atoms with Crippen molar-refractivity contribution in [3.05, 3.63) is 0 Å².